The highest BCUT2D eigenvalue weighted by Gasteiger charge is 2.13. The fraction of sp³-hybridized carbons (Fsp3) is 0.167. The van der Waals surface area contributed by atoms with E-state index in [4.69, 9.17) is 5.73 Å². The third-order valence-electron chi connectivity index (χ3n) is 2.39. The van der Waals surface area contributed by atoms with Crippen LogP contribution in [0, 0.1) is 12.7 Å². The van der Waals surface area contributed by atoms with E-state index in [1.54, 1.807) is 23.5 Å². The normalized spacial score (nSPS) is 11.9. The van der Waals surface area contributed by atoms with Gasteiger partial charge in [-0.25, -0.2) is 4.39 Å². The van der Waals surface area contributed by atoms with Gasteiger partial charge < -0.3 is 5.73 Å². The lowest BCUT2D eigenvalue weighted by Crippen LogP contribution is -2.12. The highest BCUT2D eigenvalue weighted by molar-refractivity contribution is 7.08. The average Bonchev–Trinajstić information content (AvgIpc) is 2.74. The van der Waals surface area contributed by atoms with E-state index in [0.717, 1.165) is 11.1 Å². The SMILES string of the molecule is Cc1ccc(F)c([C@@H](N)c2ccsc2)c1.Cl. The summed E-state index contributed by atoms with van der Waals surface area (Å²) in [7, 11) is 0. The van der Waals surface area contributed by atoms with Gasteiger partial charge in [-0.15, -0.1) is 12.4 Å². The van der Waals surface area contributed by atoms with Crippen molar-refractivity contribution in [1.29, 1.82) is 0 Å². The molecule has 1 aromatic carbocycles. The van der Waals surface area contributed by atoms with Gasteiger partial charge in [0.1, 0.15) is 5.82 Å². The van der Waals surface area contributed by atoms with Crippen molar-refractivity contribution < 1.29 is 4.39 Å². The van der Waals surface area contributed by atoms with E-state index in [1.807, 2.05) is 23.8 Å². The highest BCUT2D eigenvalue weighted by Crippen LogP contribution is 2.24. The summed E-state index contributed by atoms with van der Waals surface area (Å²) in [5.41, 5.74) is 8.55. The van der Waals surface area contributed by atoms with Crippen LogP contribution in [0.1, 0.15) is 22.7 Å². The van der Waals surface area contributed by atoms with Crippen LogP contribution < -0.4 is 5.73 Å². The van der Waals surface area contributed by atoms with Gasteiger partial charge >= 0.3 is 0 Å². The van der Waals surface area contributed by atoms with E-state index in [0.29, 0.717) is 5.56 Å². The molecule has 0 spiro atoms. The lowest BCUT2D eigenvalue weighted by Gasteiger charge is -2.12. The van der Waals surface area contributed by atoms with Gasteiger partial charge in [-0.1, -0.05) is 17.7 Å². The third-order valence-corrected chi connectivity index (χ3v) is 3.09. The summed E-state index contributed by atoms with van der Waals surface area (Å²) in [5, 5.41) is 3.90. The zero-order valence-corrected chi connectivity index (χ0v) is 10.4. The van der Waals surface area contributed by atoms with Gasteiger partial charge in [-0.2, -0.15) is 11.3 Å². The van der Waals surface area contributed by atoms with Gasteiger partial charge in [0, 0.05) is 5.56 Å². The molecule has 0 saturated carbocycles. The monoisotopic (exact) mass is 257 g/mol. The number of halogens is 2. The molecular weight excluding hydrogens is 245 g/mol. The molecule has 0 fully saturated rings. The Morgan fingerprint density at radius 2 is 2.06 bits per heavy atom. The first-order valence-electron chi connectivity index (χ1n) is 4.72. The fourth-order valence-electron chi connectivity index (χ4n) is 1.53. The van der Waals surface area contributed by atoms with E-state index in [2.05, 4.69) is 0 Å². The van der Waals surface area contributed by atoms with Crippen LogP contribution in [0.25, 0.3) is 0 Å². The molecule has 16 heavy (non-hydrogen) atoms. The minimum atomic E-state index is -0.365. The number of thiophene rings is 1. The molecular formula is C12H13ClFNS. The Morgan fingerprint density at radius 1 is 1.31 bits per heavy atom. The minimum Gasteiger partial charge on any atom is -0.320 e. The van der Waals surface area contributed by atoms with Gasteiger partial charge in [-0.3, -0.25) is 0 Å². The van der Waals surface area contributed by atoms with E-state index in [1.165, 1.54) is 6.07 Å². The summed E-state index contributed by atoms with van der Waals surface area (Å²) < 4.78 is 13.5. The first kappa shape index (κ1) is 13.2. The minimum absolute atomic E-state index is 0. The quantitative estimate of drug-likeness (QED) is 0.873. The van der Waals surface area contributed by atoms with Crippen LogP contribution in [0.2, 0.25) is 0 Å². The number of hydrogen-bond donors (Lipinski definition) is 1. The van der Waals surface area contributed by atoms with E-state index < -0.39 is 0 Å². The van der Waals surface area contributed by atoms with Crippen molar-refractivity contribution in [3.8, 4) is 0 Å². The predicted octanol–water partition coefficient (Wildman–Crippen LogP) is 3.67. The first-order chi connectivity index (χ1) is 7.18. The molecule has 1 atom stereocenters. The molecule has 1 heterocycles. The van der Waals surface area contributed by atoms with Crippen LogP contribution in [0.4, 0.5) is 4.39 Å². The van der Waals surface area contributed by atoms with Gasteiger partial charge in [0.2, 0.25) is 0 Å². The number of aryl methyl sites for hydroxylation is 1. The molecule has 2 rings (SSSR count). The average molecular weight is 258 g/mol. The van der Waals surface area contributed by atoms with Gasteiger partial charge in [0.25, 0.3) is 0 Å². The number of hydrogen-bond acceptors (Lipinski definition) is 2. The predicted molar refractivity (Wildman–Crippen MR) is 68.7 cm³/mol. The van der Waals surface area contributed by atoms with Crippen molar-refractivity contribution >= 4 is 23.7 Å². The molecule has 2 aromatic rings. The molecule has 0 aliphatic carbocycles. The summed E-state index contributed by atoms with van der Waals surface area (Å²) in [6.45, 7) is 1.93. The van der Waals surface area contributed by atoms with Crippen LogP contribution in [0.5, 0.6) is 0 Å². The summed E-state index contributed by atoms with van der Waals surface area (Å²) >= 11 is 1.57. The molecule has 4 heteroatoms. The Bertz CT molecular complexity index is 456. The van der Waals surface area contributed by atoms with Crippen LogP contribution in [0.15, 0.2) is 35.0 Å². The second-order valence-corrected chi connectivity index (χ2v) is 4.34. The highest BCUT2D eigenvalue weighted by atomic mass is 35.5. The Morgan fingerprint density at radius 3 is 2.69 bits per heavy atom. The number of benzene rings is 1. The second-order valence-electron chi connectivity index (χ2n) is 3.56. The number of rotatable bonds is 2. The van der Waals surface area contributed by atoms with Crippen LogP contribution in [0.3, 0.4) is 0 Å². The lowest BCUT2D eigenvalue weighted by molar-refractivity contribution is 0.599. The zero-order chi connectivity index (χ0) is 10.8. The maximum atomic E-state index is 13.5. The third kappa shape index (κ3) is 2.61. The van der Waals surface area contributed by atoms with E-state index in [-0.39, 0.29) is 24.3 Å². The van der Waals surface area contributed by atoms with Gasteiger partial charge in [-0.05, 0) is 35.4 Å². The van der Waals surface area contributed by atoms with E-state index in [9.17, 15) is 4.39 Å². The summed E-state index contributed by atoms with van der Waals surface area (Å²) in [4.78, 5) is 0. The smallest absolute Gasteiger partial charge is 0.128 e. The molecule has 0 saturated heterocycles. The molecule has 0 unspecified atom stereocenters. The molecule has 0 aliphatic rings. The summed E-state index contributed by atoms with van der Waals surface area (Å²) in [5.74, 6) is -0.237. The maximum absolute atomic E-state index is 13.5. The Kier molecular flexibility index (Phi) is 4.47. The van der Waals surface area contributed by atoms with Crippen molar-refractivity contribution in [1.82, 2.24) is 0 Å². The maximum Gasteiger partial charge on any atom is 0.128 e. The molecule has 1 aromatic heterocycles. The molecule has 0 amide bonds. The van der Waals surface area contributed by atoms with E-state index >= 15 is 0 Å². The van der Waals surface area contributed by atoms with Crippen molar-refractivity contribution in [3.63, 3.8) is 0 Å². The summed E-state index contributed by atoms with van der Waals surface area (Å²) in [6.07, 6.45) is 0. The standard InChI is InChI=1S/C12H12FNS.ClH/c1-8-2-3-11(13)10(6-8)12(14)9-4-5-15-7-9;/h2-7,12H,14H2,1H3;1H/t12-;/m0./s1. The van der Waals surface area contributed by atoms with Crippen molar-refractivity contribution in [2.45, 2.75) is 13.0 Å². The zero-order valence-electron chi connectivity index (χ0n) is 8.81. The molecule has 86 valence electrons. The van der Waals surface area contributed by atoms with Crippen molar-refractivity contribution in [2.75, 3.05) is 0 Å². The summed E-state index contributed by atoms with van der Waals surface area (Å²) in [6, 6.07) is 6.58. The van der Waals surface area contributed by atoms with Crippen LogP contribution in [-0.2, 0) is 0 Å². The second kappa shape index (κ2) is 5.43. The lowest BCUT2D eigenvalue weighted by atomic mass is 10.00. The fourth-order valence-corrected chi connectivity index (χ4v) is 2.23. The van der Waals surface area contributed by atoms with Gasteiger partial charge in [0.05, 0.1) is 6.04 Å². The van der Waals surface area contributed by atoms with Crippen molar-refractivity contribution in [2.24, 2.45) is 5.73 Å². The van der Waals surface area contributed by atoms with Crippen molar-refractivity contribution in [3.05, 3.63) is 57.5 Å². The Hall–Kier alpha value is -0.900. The van der Waals surface area contributed by atoms with Crippen LogP contribution in [-0.4, -0.2) is 0 Å². The Balaban J connectivity index is 0.00000128. The molecule has 0 aliphatic heterocycles. The molecule has 2 N–H and O–H groups in total. The van der Waals surface area contributed by atoms with Gasteiger partial charge in [0.15, 0.2) is 0 Å². The first-order valence-corrected chi connectivity index (χ1v) is 5.66. The number of nitrogens with two attached hydrogens (primary N) is 1. The molecule has 1 nitrogen and oxygen atoms in total. The largest absolute Gasteiger partial charge is 0.320 e. The Labute approximate surface area is 105 Å². The molecule has 0 bridgehead atoms. The van der Waals surface area contributed by atoms with Crippen LogP contribution >= 0.6 is 23.7 Å². The topological polar surface area (TPSA) is 26.0 Å². The molecule has 0 radical (unpaired) electrons.